The van der Waals surface area contributed by atoms with Crippen molar-refractivity contribution in [2.75, 3.05) is 10.9 Å². The number of hydrazine groups is 4. The van der Waals surface area contributed by atoms with E-state index in [2.05, 4.69) is 44.1 Å². The van der Waals surface area contributed by atoms with E-state index in [9.17, 15) is 0 Å². The maximum Gasteiger partial charge on any atom is 0.0650 e. The molecule has 28 heavy (non-hydrogen) atoms. The first kappa shape index (κ1) is 17.2. The van der Waals surface area contributed by atoms with Crippen molar-refractivity contribution in [3.63, 3.8) is 0 Å². The Labute approximate surface area is 163 Å². The van der Waals surface area contributed by atoms with Gasteiger partial charge in [0.1, 0.15) is 0 Å². The molecule has 2 aliphatic heterocycles. The van der Waals surface area contributed by atoms with E-state index in [1.165, 1.54) is 0 Å². The highest BCUT2D eigenvalue weighted by molar-refractivity contribution is 5.80. The smallest absolute Gasteiger partial charge is 0.0650 e. The summed E-state index contributed by atoms with van der Waals surface area (Å²) in [4.78, 5) is 0. The third-order valence-electron chi connectivity index (χ3n) is 3.94. The minimum atomic E-state index is 0.927. The second-order valence-electron chi connectivity index (χ2n) is 5.86. The molecule has 140 valence electrons. The number of hydrogen-bond donors (Lipinski definition) is 4. The Hall–Kier alpha value is -4.20. The Kier molecular flexibility index (Phi) is 5.20. The van der Waals surface area contributed by atoms with E-state index in [0.717, 1.165) is 22.5 Å². The summed E-state index contributed by atoms with van der Waals surface area (Å²) >= 11 is 0. The Morgan fingerprint density at radius 2 is 1.14 bits per heavy atom. The molecule has 2 heterocycles. The number of allylic oxidation sites excluding steroid dienone is 2. The van der Waals surface area contributed by atoms with Crippen LogP contribution in [0.1, 0.15) is 11.1 Å². The van der Waals surface area contributed by atoms with E-state index in [1.807, 2.05) is 60.7 Å². The SMILES string of the molecule is C1=CNN(Nc2ccccc2/C=C/c2ccccc2NN2N=CC=CN2)N=C1. The molecular formula is C20H20N8. The van der Waals surface area contributed by atoms with Gasteiger partial charge in [-0.25, -0.2) is 0 Å². The highest BCUT2D eigenvalue weighted by Gasteiger charge is 2.06. The lowest BCUT2D eigenvalue weighted by atomic mass is 10.1. The summed E-state index contributed by atoms with van der Waals surface area (Å²) in [6.07, 6.45) is 14.8. The van der Waals surface area contributed by atoms with Gasteiger partial charge < -0.3 is 0 Å². The van der Waals surface area contributed by atoms with E-state index >= 15 is 0 Å². The molecule has 0 radical (unpaired) electrons. The fraction of sp³-hybridized carbons (Fsp3) is 0. The van der Waals surface area contributed by atoms with Gasteiger partial charge in [-0.3, -0.25) is 21.7 Å². The number of anilines is 2. The summed E-state index contributed by atoms with van der Waals surface area (Å²) in [7, 11) is 0. The number of hydrazone groups is 2. The van der Waals surface area contributed by atoms with Gasteiger partial charge in [-0.05, 0) is 35.4 Å². The summed E-state index contributed by atoms with van der Waals surface area (Å²) in [5.74, 6) is 0. The molecule has 0 unspecified atom stereocenters. The second kappa shape index (κ2) is 8.45. The first-order valence-corrected chi connectivity index (χ1v) is 8.79. The van der Waals surface area contributed by atoms with E-state index < -0.39 is 0 Å². The van der Waals surface area contributed by atoms with Crippen LogP contribution >= 0.6 is 0 Å². The van der Waals surface area contributed by atoms with E-state index in [1.54, 1.807) is 35.3 Å². The van der Waals surface area contributed by atoms with Crippen molar-refractivity contribution in [2.45, 2.75) is 0 Å². The zero-order valence-electron chi connectivity index (χ0n) is 15.0. The van der Waals surface area contributed by atoms with E-state index in [4.69, 9.17) is 0 Å². The molecule has 2 aromatic carbocycles. The van der Waals surface area contributed by atoms with Gasteiger partial charge in [0.2, 0.25) is 0 Å². The first-order valence-electron chi connectivity index (χ1n) is 8.79. The van der Waals surface area contributed by atoms with Crippen LogP contribution in [0.5, 0.6) is 0 Å². The normalized spacial score (nSPS) is 14.9. The molecule has 8 nitrogen and oxygen atoms in total. The van der Waals surface area contributed by atoms with Crippen molar-refractivity contribution >= 4 is 36.0 Å². The average Bonchev–Trinajstić information content (AvgIpc) is 2.76. The molecule has 0 saturated carbocycles. The lowest BCUT2D eigenvalue weighted by Crippen LogP contribution is -2.36. The zero-order chi connectivity index (χ0) is 19.0. The number of benzene rings is 2. The summed E-state index contributed by atoms with van der Waals surface area (Å²) in [6.45, 7) is 0. The molecule has 0 aromatic heterocycles. The predicted molar refractivity (Wildman–Crippen MR) is 114 cm³/mol. The van der Waals surface area contributed by atoms with Crippen molar-refractivity contribution in [2.24, 2.45) is 10.2 Å². The van der Waals surface area contributed by atoms with Crippen LogP contribution in [0, 0.1) is 0 Å². The molecule has 0 spiro atoms. The quantitative estimate of drug-likeness (QED) is 0.584. The lowest BCUT2D eigenvalue weighted by molar-refractivity contribution is 0.285. The van der Waals surface area contributed by atoms with Gasteiger partial charge in [0, 0.05) is 12.4 Å². The fourth-order valence-corrected chi connectivity index (χ4v) is 2.61. The first-order chi connectivity index (χ1) is 13.9. The van der Waals surface area contributed by atoms with Gasteiger partial charge >= 0.3 is 0 Å². The number of para-hydroxylation sites is 2. The largest absolute Gasteiger partial charge is 0.270 e. The molecule has 4 N–H and O–H groups in total. The van der Waals surface area contributed by atoms with Crippen molar-refractivity contribution in [1.29, 1.82) is 0 Å². The van der Waals surface area contributed by atoms with Crippen LogP contribution < -0.4 is 21.7 Å². The summed E-state index contributed by atoms with van der Waals surface area (Å²) in [5, 5.41) is 11.5. The Morgan fingerprint density at radius 1 is 0.679 bits per heavy atom. The molecule has 0 atom stereocenters. The van der Waals surface area contributed by atoms with Crippen LogP contribution in [0.2, 0.25) is 0 Å². The van der Waals surface area contributed by atoms with Crippen LogP contribution in [-0.4, -0.2) is 22.9 Å². The Morgan fingerprint density at radius 3 is 1.57 bits per heavy atom. The van der Waals surface area contributed by atoms with E-state index in [-0.39, 0.29) is 0 Å². The van der Waals surface area contributed by atoms with Crippen LogP contribution in [-0.2, 0) is 0 Å². The molecule has 4 rings (SSSR count). The number of rotatable bonds is 6. The summed E-state index contributed by atoms with van der Waals surface area (Å²) in [5.41, 5.74) is 16.4. The Balaban J connectivity index is 1.52. The van der Waals surface area contributed by atoms with Crippen LogP contribution in [0.3, 0.4) is 0 Å². The lowest BCUT2D eigenvalue weighted by Gasteiger charge is -2.23. The molecule has 8 heteroatoms. The highest BCUT2D eigenvalue weighted by Crippen LogP contribution is 2.22. The molecular weight excluding hydrogens is 352 g/mol. The number of nitrogens with zero attached hydrogens (tertiary/aromatic N) is 4. The predicted octanol–water partition coefficient (Wildman–Crippen LogP) is 3.15. The molecule has 2 aromatic rings. The standard InChI is InChI=1S/C20H20N8/c1-3-9-19(25-27-21-13-5-14-22-27)17(7-1)11-12-18-8-2-4-10-20(18)26-28-23-15-6-16-24-28/h1-16,21,23,25-26H/b12-11+. The topological polar surface area (TPSA) is 79.3 Å². The molecule has 0 amide bonds. The minimum Gasteiger partial charge on any atom is -0.270 e. The number of nitrogens with one attached hydrogen (secondary N) is 4. The molecule has 0 saturated heterocycles. The van der Waals surface area contributed by atoms with Crippen LogP contribution in [0.4, 0.5) is 11.4 Å². The van der Waals surface area contributed by atoms with Crippen LogP contribution in [0.15, 0.2) is 83.3 Å². The van der Waals surface area contributed by atoms with Gasteiger partial charge in [-0.1, -0.05) is 48.6 Å². The van der Waals surface area contributed by atoms with Crippen molar-refractivity contribution in [3.05, 3.63) is 84.2 Å². The maximum atomic E-state index is 4.20. The van der Waals surface area contributed by atoms with Gasteiger partial charge in [0.25, 0.3) is 0 Å². The van der Waals surface area contributed by atoms with Crippen molar-refractivity contribution in [3.8, 4) is 0 Å². The summed E-state index contributed by atoms with van der Waals surface area (Å²) in [6, 6.07) is 16.0. The molecule has 0 aliphatic carbocycles. The number of hydrogen-bond acceptors (Lipinski definition) is 8. The average molecular weight is 372 g/mol. The van der Waals surface area contributed by atoms with Gasteiger partial charge in [-0.2, -0.15) is 0 Å². The fourth-order valence-electron chi connectivity index (χ4n) is 2.61. The summed E-state index contributed by atoms with van der Waals surface area (Å²) < 4.78 is 0. The molecule has 2 aliphatic rings. The van der Waals surface area contributed by atoms with Crippen molar-refractivity contribution in [1.82, 2.24) is 21.3 Å². The zero-order valence-corrected chi connectivity index (χ0v) is 15.0. The maximum absolute atomic E-state index is 4.20. The minimum absolute atomic E-state index is 0.927. The second-order valence-corrected chi connectivity index (χ2v) is 5.86. The highest BCUT2D eigenvalue weighted by atomic mass is 15.9. The van der Waals surface area contributed by atoms with Crippen molar-refractivity contribution < 1.29 is 0 Å². The third-order valence-corrected chi connectivity index (χ3v) is 3.94. The van der Waals surface area contributed by atoms with Crippen LogP contribution in [0.25, 0.3) is 12.2 Å². The molecule has 0 fully saturated rings. The van der Waals surface area contributed by atoms with Gasteiger partial charge in [0.15, 0.2) is 0 Å². The van der Waals surface area contributed by atoms with Gasteiger partial charge in [-0.15, -0.1) is 20.7 Å². The van der Waals surface area contributed by atoms with E-state index in [0.29, 0.717) is 0 Å². The molecule has 0 bridgehead atoms. The Bertz CT molecular complexity index is 883. The monoisotopic (exact) mass is 372 g/mol. The third kappa shape index (κ3) is 4.31. The van der Waals surface area contributed by atoms with Gasteiger partial charge in [0.05, 0.1) is 23.8 Å².